The van der Waals surface area contributed by atoms with Gasteiger partial charge < -0.3 is 42.0 Å². The van der Waals surface area contributed by atoms with Gasteiger partial charge in [-0.2, -0.15) is 0 Å². The van der Waals surface area contributed by atoms with Gasteiger partial charge in [0.1, 0.15) is 23.9 Å². The van der Waals surface area contributed by atoms with E-state index >= 15 is 0 Å². The molecule has 0 saturated heterocycles. The maximum atomic E-state index is 13.4. The number of nitrogens with one attached hydrogen (secondary N) is 4. The van der Waals surface area contributed by atoms with Crippen LogP contribution in [0, 0.1) is 0 Å². The van der Waals surface area contributed by atoms with E-state index in [9.17, 15) is 34.5 Å². The number of aromatic hydroxyl groups is 1. The van der Waals surface area contributed by atoms with E-state index < -0.39 is 54.0 Å². The number of carbonyl (C=O) groups is 4. The lowest BCUT2D eigenvalue weighted by atomic mass is 10.0. The van der Waals surface area contributed by atoms with E-state index in [2.05, 4.69) is 25.9 Å². The van der Waals surface area contributed by atoms with Crippen LogP contribution in [0.3, 0.4) is 0 Å². The number of amides is 3. The van der Waals surface area contributed by atoms with Crippen LogP contribution in [0.15, 0.2) is 67.1 Å². The molecule has 5 atom stereocenters. The number of aliphatic carboxylic acids is 1. The van der Waals surface area contributed by atoms with Crippen molar-refractivity contribution in [2.45, 2.75) is 56.5 Å². The number of aromatic amines is 1. The number of phenols is 1. The standard InChI is InChI=1S/C28H34N6O7/c1-16(35)24(27(39)33-23(28(40)41)12-17-5-3-2-4-6-17)34-26(38)22(11-18-7-9-20(36)10-8-18)32-25(37)21(29)13-19-14-30-15-31-19/h2-10,14-16,21-24,35-36H,11-13,29H2,1H3,(H,30,31)(H,32,37)(H,33,39)(H,34,38)(H,40,41). The quantitative estimate of drug-likeness (QED) is 0.125. The predicted octanol–water partition coefficient (Wildman–Crippen LogP) is -0.610. The van der Waals surface area contributed by atoms with Crippen LogP contribution in [-0.4, -0.2) is 79.2 Å². The van der Waals surface area contributed by atoms with E-state index in [0.29, 0.717) is 16.8 Å². The largest absolute Gasteiger partial charge is 0.508 e. The van der Waals surface area contributed by atoms with Gasteiger partial charge in [-0.3, -0.25) is 14.4 Å². The van der Waals surface area contributed by atoms with Gasteiger partial charge in [0.2, 0.25) is 17.7 Å². The molecule has 13 heteroatoms. The molecule has 0 aliphatic heterocycles. The molecule has 0 spiro atoms. The van der Waals surface area contributed by atoms with E-state index in [1.807, 2.05) is 0 Å². The first-order chi connectivity index (χ1) is 19.5. The normalized spacial score (nSPS) is 14.6. The number of carbonyl (C=O) groups excluding carboxylic acids is 3. The number of carboxylic acid groups (broad SMARTS) is 1. The number of aromatic nitrogens is 2. The van der Waals surface area contributed by atoms with Gasteiger partial charge in [0, 0.05) is 31.2 Å². The maximum Gasteiger partial charge on any atom is 0.326 e. The second kappa shape index (κ2) is 14.6. The summed E-state index contributed by atoms with van der Waals surface area (Å²) in [5.41, 5.74) is 7.89. The van der Waals surface area contributed by atoms with Crippen LogP contribution in [0.25, 0.3) is 0 Å². The molecule has 0 saturated carbocycles. The summed E-state index contributed by atoms with van der Waals surface area (Å²) in [5, 5.41) is 37.0. The number of nitrogens with zero attached hydrogens (tertiary/aromatic N) is 1. The Kier molecular flexibility index (Phi) is 11.0. The highest BCUT2D eigenvalue weighted by Gasteiger charge is 2.33. The van der Waals surface area contributed by atoms with E-state index in [0.717, 1.165) is 0 Å². The number of imidazole rings is 1. The number of benzene rings is 2. The zero-order chi connectivity index (χ0) is 29.9. The Morgan fingerprint density at radius 3 is 2.05 bits per heavy atom. The van der Waals surface area contributed by atoms with Gasteiger partial charge in [-0.25, -0.2) is 9.78 Å². The molecule has 5 unspecified atom stereocenters. The summed E-state index contributed by atoms with van der Waals surface area (Å²) in [6, 6.07) is 9.51. The Morgan fingerprint density at radius 2 is 1.46 bits per heavy atom. The number of H-pyrrole nitrogens is 1. The summed E-state index contributed by atoms with van der Waals surface area (Å²) in [6.07, 6.45) is 1.62. The summed E-state index contributed by atoms with van der Waals surface area (Å²) in [6.45, 7) is 1.27. The lowest BCUT2D eigenvalue weighted by Gasteiger charge is -2.26. The van der Waals surface area contributed by atoms with Crippen LogP contribution in [0.5, 0.6) is 5.75 Å². The molecule has 3 amide bonds. The number of hydrogen-bond acceptors (Lipinski definition) is 8. The molecule has 13 nitrogen and oxygen atoms in total. The minimum Gasteiger partial charge on any atom is -0.508 e. The molecule has 0 bridgehead atoms. The van der Waals surface area contributed by atoms with Crippen LogP contribution in [-0.2, 0) is 38.4 Å². The minimum absolute atomic E-state index is 0.00898. The number of hydrogen-bond donors (Lipinski definition) is 8. The number of nitrogens with two attached hydrogens (primary N) is 1. The van der Waals surface area contributed by atoms with Crippen molar-refractivity contribution < 1.29 is 34.5 Å². The smallest absolute Gasteiger partial charge is 0.326 e. The molecule has 0 fully saturated rings. The molecule has 9 N–H and O–H groups in total. The Labute approximate surface area is 236 Å². The molecule has 1 heterocycles. The fourth-order valence-corrected chi connectivity index (χ4v) is 4.05. The van der Waals surface area contributed by atoms with Gasteiger partial charge in [0.15, 0.2) is 0 Å². The van der Waals surface area contributed by atoms with Gasteiger partial charge in [0.25, 0.3) is 0 Å². The molecule has 3 aromatic rings. The first-order valence-corrected chi connectivity index (χ1v) is 12.9. The summed E-state index contributed by atoms with van der Waals surface area (Å²) >= 11 is 0. The van der Waals surface area contributed by atoms with Gasteiger partial charge >= 0.3 is 5.97 Å². The monoisotopic (exact) mass is 566 g/mol. The Balaban J connectivity index is 1.75. The highest BCUT2D eigenvalue weighted by molar-refractivity contribution is 5.94. The number of rotatable bonds is 14. The van der Waals surface area contributed by atoms with E-state index in [-0.39, 0.29) is 25.0 Å². The van der Waals surface area contributed by atoms with Crippen molar-refractivity contribution in [3.63, 3.8) is 0 Å². The van der Waals surface area contributed by atoms with Crippen LogP contribution in [0.1, 0.15) is 23.7 Å². The fraction of sp³-hybridized carbons (Fsp3) is 0.321. The van der Waals surface area contributed by atoms with Crippen LogP contribution < -0.4 is 21.7 Å². The molecule has 41 heavy (non-hydrogen) atoms. The number of aliphatic hydroxyl groups excluding tert-OH is 1. The highest BCUT2D eigenvalue weighted by Crippen LogP contribution is 2.12. The molecule has 3 rings (SSSR count). The number of carboxylic acids is 1. The van der Waals surface area contributed by atoms with E-state index in [4.69, 9.17) is 5.73 Å². The minimum atomic E-state index is -1.53. The molecule has 0 radical (unpaired) electrons. The maximum absolute atomic E-state index is 13.4. The third-order valence-electron chi connectivity index (χ3n) is 6.30. The molecule has 1 aromatic heterocycles. The first-order valence-electron chi connectivity index (χ1n) is 12.9. The summed E-state index contributed by atoms with van der Waals surface area (Å²) in [4.78, 5) is 57.9. The molecular weight excluding hydrogens is 532 g/mol. The third-order valence-corrected chi connectivity index (χ3v) is 6.30. The van der Waals surface area contributed by atoms with Gasteiger partial charge in [0.05, 0.1) is 18.5 Å². The third kappa shape index (κ3) is 9.44. The zero-order valence-electron chi connectivity index (χ0n) is 22.4. The Bertz CT molecular complexity index is 1300. The summed E-state index contributed by atoms with van der Waals surface area (Å²) in [7, 11) is 0. The molecule has 2 aromatic carbocycles. The molecule has 0 aliphatic rings. The van der Waals surface area contributed by atoms with Crippen molar-refractivity contribution in [3.8, 4) is 5.75 Å². The molecular formula is C28H34N6O7. The fourth-order valence-electron chi connectivity index (χ4n) is 4.05. The van der Waals surface area contributed by atoms with E-state index in [1.165, 1.54) is 31.6 Å². The van der Waals surface area contributed by atoms with Crippen molar-refractivity contribution in [2.75, 3.05) is 0 Å². The van der Waals surface area contributed by atoms with Gasteiger partial charge in [-0.15, -0.1) is 0 Å². The highest BCUT2D eigenvalue weighted by atomic mass is 16.4. The van der Waals surface area contributed by atoms with E-state index in [1.54, 1.807) is 42.5 Å². The van der Waals surface area contributed by atoms with Crippen molar-refractivity contribution in [1.82, 2.24) is 25.9 Å². The number of aliphatic hydroxyl groups is 1. The molecule has 218 valence electrons. The lowest BCUT2D eigenvalue weighted by Crippen LogP contribution is -2.60. The van der Waals surface area contributed by atoms with Crippen LogP contribution in [0.2, 0.25) is 0 Å². The molecule has 0 aliphatic carbocycles. The van der Waals surface area contributed by atoms with Crippen LogP contribution in [0.4, 0.5) is 0 Å². The Hall–Kier alpha value is -4.75. The zero-order valence-corrected chi connectivity index (χ0v) is 22.4. The topological polar surface area (TPSA) is 220 Å². The van der Waals surface area contributed by atoms with Crippen molar-refractivity contribution in [3.05, 3.63) is 83.9 Å². The Morgan fingerprint density at radius 1 is 0.854 bits per heavy atom. The second-order valence-corrected chi connectivity index (χ2v) is 9.64. The van der Waals surface area contributed by atoms with Crippen LogP contribution >= 0.6 is 0 Å². The first kappa shape index (κ1) is 30.8. The van der Waals surface area contributed by atoms with Crippen molar-refractivity contribution in [2.24, 2.45) is 5.73 Å². The van der Waals surface area contributed by atoms with Crippen molar-refractivity contribution >= 4 is 23.7 Å². The average Bonchev–Trinajstić information content (AvgIpc) is 3.45. The second-order valence-electron chi connectivity index (χ2n) is 9.64. The SMILES string of the molecule is CC(O)C(NC(=O)C(Cc1ccc(O)cc1)NC(=O)C(N)Cc1cnc[nH]1)C(=O)NC(Cc1ccccc1)C(=O)O. The number of phenolic OH excluding ortho intramolecular Hbond substituents is 1. The summed E-state index contributed by atoms with van der Waals surface area (Å²) < 4.78 is 0. The predicted molar refractivity (Wildman–Crippen MR) is 147 cm³/mol. The van der Waals surface area contributed by atoms with Gasteiger partial charge in [-0.05, 0) is 30.2 Å². The van der Waals surface area contributed by atoms with Crippen molar-refractivity contribution in [1.29, 1.82) is 0 Å². The lowest BCUT2D eigenvalue weighted by molar-refractivity contribution is -0.143. The summed E-state index contributed by atoms with van der Waals surface area (Å²) in [5.74, 6) is -3.65. The van der Waals surface area contributed by atoms with Gasteiger partial charge in [-0.1, -0.05) is 42.5 Å². The average molecular weight is 567 g/mol.